The molecule has 0 spiro atoms. The fourth-order valence-corrected chi connectivity index (χ4v) is 2.82. The maximum Gasteiger partial charge on any atom is 0.321 e. The lowest BCUT2D eigenvalue weighted by Gasteiger charge is -2.35. The standard InChI is InChI=1S/C19H21N3O2/c1-15-7-5-6-10-17(15)18(23)21-11-13-22(14-12-21)19(24)20-16-8-3-2-4-9-16/h2-10H,11-14H2,1H3,(H,20,24). The van der Waals surface area contributed by atoms with Crippen LogP contribution >= 0.6 is 0 Å². The number of aryl methyl sites for hydroxylation is 1. The highest BCUT2D eigenvalue weighted by atomic mass is 16.2. The predicted molar refractivity (Wildman–Crippen MR) is 94.1 cm³/mol. The molecule has 0 bridgehead atoms. The van der Waals surface area contributed by atoms with E-state index < -0.39 is 0 Å². The molecule has 0 aliphatic carbocycles. The van der Waals surface area contributed by atoms with E-state index in [1.807, 2.05) is 66.4 Å². The van der Waals surface area contributed by atoms with Crippen molar-refractivity contribution in [1.29, 1.82) is 0 Å². The summed E-state index contributed by atoms with van der Waals surface area (Å²) in [4.78, 5) is 28.4. The van der Waals surface area contributed by atoms with Gasteiger partial charge in [0.15, 0.2) is 0 Å². The van der Waals surface area contributed by atoms with Gasteiger partial charge in [0.2, 0.25) is 0 Å². The Morgan fingerprint density at radius 1 is 0.833 bits per heavy atom. The van der Waals surface area contributed by atoms with Gasteiger partial charge in [-0.15, -0.1) is 0 Å². The summed E-state index contributed by atoms with van der Waals surface area (Å²) in [6, 6.07) is 16.9. The van der Waals surface area contributed by atoms with Crippen LogP contribution in [0.5, 0.6) is 0 Å². The Morgan fingerprint density at radius 3 is 2.08 bits per heavy atom. The number of carbonyl (C=O) groups is 2. The maximum atomic E-state index is 12.6. The number of hydrogen-bond donors (Lipinski definition) is 1. The summed E-state index contributed by atoms with van der Waals surface area (Å²) < 4.78 is 0. The zero-order chi connectivity index (χ0) is 16.9. The molecule has 1 N–H and O–H groups in total. The van der Waals surface area contributed by atoms with Gasteiger partial charge in [0.25, 0.3) is 5.91 Å². The summed E-state index contributed by atoms with van der Waals surface area (Å²) in [7, 11) is 0. The maximum absolute atomic E-state index is 12.6. The van der Waals surface area contributed by atoms with Crippen LogP contribution in [0, 0.1) is 6.92 Å². The van der Waals surface area contributed by atoms with Crippen LogP contribution in [0.2, 0.25) is 0 Å². The molecular weight excluding hydrogens is 302 g/mol. The zero-order valence-electron chi connectivity index (χ0n) is 13.7. The number of urea groups is 1. The number of amides is 3. The molecule has 5 nitrogen and oxygen atoms in total. The SMILES string of the molecule is Cc1ccccc1C(=O)N1CCN(C(=O)Nc2ccccc2)CC1. The van der Waals surface area contributed by atoms with Crippen LogP contribution in [0.25, 0.3) is 0 Å². The molecule has 0 unspecified atom stereocenters. The van der Waals surface area contributed by atoms with Gasteiger partial charge in [0.05, 0.1) is 0 Å². The van der Waals surface area contributed by atoms with Gasteiger partial charge in [0.1, 0.15) is 0 Å². The summed E-state index contributed by atoms with van der Waals surface area (Å²) in [6.45, 7) is 4.12. The lowest BCUT2D eigenvalue weighted by molar-refractivity contribution is 0.0671. The van der Waals surface area contributed by atoms with Crippen molar-refractivity contribution in [2.45, 2.75) is 6.92 Å². The fourth-order valence-electron chi connectivity index (χ4n) is 2.82. The molecule has 1 aliphatic rings. The van der Waals surface area contributed by atoms with E-state index in [0.29, 0.717) is 26.2 Å². The van der Waals surface area contributed by atoms with Crippen LogP contribution in [0.1, 0.15) is 15.9 Å². The molecular formula is C19H21N3O2. The largest absolute Gasteiger partial charge is 0.335 e. The third kappa shape index (κ3) is 3.56. The van der Waals surface area contributed by atoms with Crippen LogP contribution in [-0.4, -0.2) is 47.9 Å². The molecule has 3 rings (SSSR count). The van der Waals surface area contributed by atoms with Crippen LogP contribution < -0.4 is 5.32 Å². The Morgan fingerprint density at radius 2 is 1.42 bits per heavy atom. The molecule has 0 aromatic heterocycles. The molecule has 0 radical (unpaired) electrons. The van der Waals surface area contributed by atoms with Crippen molar-refractivity contribution in [2.24, 2.45) is 0 Å². The van der Waals surface area contributed by atoms with Gasteiger partial charge in [-0.3, -0.25) is 4.79 Å². The van der Waals surface area contributed by atoms with Gasteiger partial charge in [-0.25, -0.2) is 4.79 Å². The minimum absolute atomic E-state index is 0.0382. The summed E-state index contributed by atoms with van der Waals surface area (Å²) in [5.74, 6) is 0.0382. The first-order valence-electron chi connectivity index (χ1n) is 8.11. The van der Waals surface area contributed by atoms with Gasteiger partial charge < -0.3 is 15.1 Å². The lowest BCUT2D eigenvalue weighted by Crippen LogP contribution is -2.51. The first-order chi connectivity index (χ1) is 11.6. The Kier molecular flexibility index (Phi) is 4.79. The molecule has 124 valence electrons. The van der Waals surface area contributed by atoms with E-state index in [0.717, 1.165) is 16.8 Å². The molecule has 1 heterocycles. The second kappa shape index (κ2) is 7.17. The number of nitrogens with one attached hydrogen (secondary N) is 1. The highest BCUT2D eigenvalue weighted by molar-refractivity contribution is 5.96. The average molecular weight is 323 g/mol. The number of rotatable bonds is 2. The quantitative estimate of drug-likeness (QED) is 0.924. The van der Waals surface area contributed by atoms with Gasteiger partial charge in [0, 0.05) is 37.4 Å². The van der Waals surface area contributed by atoms with Crippen molar-refractivity contribution in [3.63, 3.8) is 0 Å². The Bertz CT molecular complexity index is 722. The summed E-state index contributed by atoms with van der Waals surface area (Å²) in [5.41, 5.74) is 2.49. The zero-order valence-corrected chi connectivity index (χ0v) is 13.7. The van der Waals surface area contributed by atoms with Crippen molar-refractivity contribution in [3.8, 4) is 0 Å². The minimum Gasteiger partial charge on any atom is -0.335 e. The van der Waals surface area contributed by atoms with E-state index in [-0.39, 0.29) is 11.9 Å². The Balaban J connectivity index is 1.57. The second-order valence-electron chi connectivity index (χ2n) is 5.89. The predicted octanol–water partition coefficient (Wildman–Crippen LogP) is 2.98. The highest BCUT2D eigenvalue weighted by Crippen LogP contribution is 2.14. The molecule has 1 fully saturated rings. The van der Waals surface area contributed by atoms with Crippen LogP contribution in [0.4, 0.5) is 10.5 Å². The number of benzene rings is 2. The molecule has 3 amide bonds. The highest BCUT2D eigenvalue weighted by Gasteiger charge is 2.25. The van der Waals surface area contributed by atoms with E-state index in [1.54, 1.807) is 4.90 Å². The van der Waals surface area contributed by atoms with E-state index in [2.05, 4.69) is 5.32 Å². The van der Waals surface area contributed by atoms with Crippen molar-refractivity contribution >= 4 is 17.6 Å². The minimum atomic E-state index is -0.121. The van der Waals surface area contributed by atoms with Crippen molar-refractivity contribution in [1.82, 2.24) is 9.80 Å². The first-order valence-corrected chi connectivity index (χ1v) is 8.11. The Labute approximate surface area is 141 Å². The summed E-state index contributed by atoms with van der Waals surface area (Å²) in [5, 5.41) is 2.88. The number of piperazine rings is 1. The van der Waals surface area contributed by atoms with Crippen LogP contribution in [0.15, 0.2) is 54.6 Å². The van der Waals surface area contributed by atoms with Gasteiger partial charge in [-0.1, -0.05) is 36.4 Å². The van der Waals surface area contributed by atoms with E-state index in [9.17, 15) is 9.59 Å². The van der Waals surface area contributed by atoms with Crippen LogP contribution in [0.3, 0.4) is 0 Å². The van der Waals surface area contributed by atoms with E-state index in [1.165, 1.54) is 0 Å². The summed E-state index contributed by atoms with van der Waals surface area (Å²) >= 11 is 0. The van der Waals surface area contributed by atoms with E-state index >= 15 is 0 Å². The van der Waals surface area contributed by atoms with Crippen molar-refractivity contribution < 1.29 is 9.59 Å². The molecule has 1 saturated heterocycles. The molecule has 2 aromatic carbocycles. The third-order valence-electron chi connectivity index (χ3n) is 4.25. The molecule has 1 aliphatic heterocycles. The third-order valence-corrected chi connectivity index (χ3v) is 4.25. The molecule has 5 heteroatoms. The lowest BCUT2D eigenvalue weighted by atomic mass is 10.1. The molecule has 24 heavy (non-hydrogen) atoms. The Hall–Kier alpha value is -2.82. The fraction of sp³-hybridized carbons (Fsp3) is 0.263. The summed E-state index contributed by atoms with van der Waals surface area (Å²) in [6.07, 6.45) is 0. The first kappa shape index (κ1) is 16.1. The van der Waals surface area contributed by atoms with Crippen molar-refractivity contribution in [3.05, 3.63) is 65.7 Å². The van der Waals surface area contributed by atoms with Crippen LogP contribution in [-0.2, 0) is 0 Å². The number of carbonyl (C=O) groups excluding carboxylic acids is 2. The molecule has 2 aromatic rings. The number of nitrogens with zero attached hydrogens (tertiary/aromatic N) is 2. The molecule has 0 saturated carbocycles. The van der Waals surface area contributed by atoms with Gasteiger partial charge in [-0.05, 0) is 30.7 Å². The van der Waals surface area contributed by atoms with Gasteiger partial charge in [-0.2, -0.15) is 0 Å². The number of anilines is 1. The van der Waals surface area contributed by atoms with E-state index in [4.69, 9.17) is 0 Å². The molecule has 0 atom stereocenters. The van der Waals surface area contributed by atoms with Crippen molar-refractivity contribution in [2.75, 3.05) is 31.5 Å². The number of para-hydroxylation sites is 1. The monoisotopic (exact) mass is 323 g/mol. The average Bonchev–Trinajstić information content (AvgIpc) is 2.62. The second-order valence-corrected chi connectivity index (χ2v) is 5.89. The van der Waals surface area contributed by atoms with Gasteiger partial charge >= 0.3 is 6.03 Å². The normalized spacial score (nSPS) is 14.4. The topological polar surface area (TPSA) is 52.7 Å². The smallest absolute Gasteiger partial charge is 0.321 e. The number of hydrogen-bond acceptors (Lipinski definition) is 2.